The van der Waals surface area contributed by atoms with Crippen LogP contribution in [0.4, 0.5) is 5.69 Å². The van der Waals surface area contributed by atoms with Crippen LogP contribution in [0.3, 0.4) is 0 Å². The van der Waals surface area contributed by atoms with Gasteiger partial charge < -0.3 is 25.0 Å². The van der Waals surface area contributed by atoms with Crippen molar-refractivity contribution in [1.29, 1.82) is 0 Å². The number of carbonyl (C=O) groups excluding carboxylic acids is 1. The van der Waals surface area contributed by atoms with E-state index in [2.05, 4.69) is 5.32 Å². The monoisotopic (exact) mass is 331 g/mol. The van der Waals surface area contributed by atoms with E-state index in [1.165, 1.54) is 7.11 Å². The van der Waals surface area contributed by atoms with Crippen molar-refractivity contribution in [3.05, 3.63) is 48.0 Å². The molecule has 0 aliphatic rings. The molecule has 0 saturated heterocycles. The number of benzene rings is 2. The van der Waals surface area contributed by atoms with Crippen LogP contribution in [-0.4, -0.2) is 49.7 Å². The number of aliphatic hydroxyl groups excluding tert-OH is 2. The molecule has 2 aromatic rings. The van der Waals surface area contributed by atoms with Gasteiger partial charge in [0.05, 0.1) is 32.5 Å². The van der Waals surface area contributed by atoms with Crippen LogP contribution in [0, 0.1) is 0 Å². The standard InChI is InChI=1S/C18H21NO5/c1-23-14-8-6-12(7-9-14)17-15(18(22)24-2)4-3-5-16(17)19-10-13(21)11-20/h3-9,13,19-21H,10-11H2,1-2H3. The second kappa shape index (κ2) is 8.33. The first kappa shape index (κ1) is 17.8. The second-order valence-corrected chi connectivity index (χ2v) is 5.17. The van der Waals surface area contributed by atoms with Crippen molar-refractivity contribution in [1.82, 2.24) is 0 Å². The molecule has 0 aromatic heterocycles. The molecule has 2 rings (SSSR count). The number of methoxy groups -OCH3 is 2. The van der Waals surface area contributed by atoms with E-state index in [1.807, 2.05) is 12.1 Å². The lowest BCUT2D eigenvalue weighted by Crippen LogP contribution is -2.23. The number of rotatable bonds is 7. The molecular formula is C18H21NO5. The summed E-state index contributed by atoms with van der Waals surface area (Å²) in [6.07, 6.45) is -0.893. The smallest absolute Gasteiger partial charge is 0.338 e. The normalized spacial score (nSPS) is 11.7. The number of nitrogens with one attached hydrogen (secondary N) is 1. The third-order valence-electron chi connectivity index (χ3n) is 3.59. The zero-order valence-corrected chi connectivity index (χ0v) is 13.7. The summed E-state index contributed by atoms with van der Waals surface area (Å²) in [7, 11) is 2.91. The van der Waals surface area contributed by atoms with Crippen LogP contribution in [0.5, 0.6) is 5.75 Å². The fraction of sp³-hybridized carbons (Fsp3) is 0.278. The molecule has 128 valence electrons. The predicted octanol–water partition coefficient (Wildman–Crippen LogP) is 1.91. The first-order valence-corrected chi connectivity index (χ1v) is 7.49. The Kier molecular flexibility index (Phi) is 6.17. The summed E-state index contributed by atoms with van der Waals surface area (Å²) in [5.74, 6) is 0.256. The maximum atomic E-state index is 12.1. The predicted molar refractivity (Wildman–Crippen MR) is 91.4 cm³/mol. The minimum Gasteiger partial charge on any atom is -0.497 e. The Labute approximate surface area is 140 Å². The molecule has 0 radical (unpaired) electrons. The number of anilines is 1. The van der Waals surface area contributed by atoms with Crippen molar-refractivity contribution < 1.29 is 24.5 Å². The molecule has 6 heteroatoms. The molecular weight excluding hydrogens is 310 g/mol. The number of aliphatic hydroxyl groups is 2. The van der Waals surface area contributed by atoms with E-state index in [0.29, 0.717) is 22.6 Å². The summed E-state index contributed by atoms with van der Waals surface area (Å²) in [5, 5.41) is 21.6. The van der Waals surface area contributed by atoms with Gasteiger partial charge in [-0.1, -0.05) is 18.2 Å². The Bertz CT molecular complexity index is 684. The van der Waals surface area contributed by atoms with Crippen LogP contribution in [0.25, 0.3) is 11.1 Å². The molecule has 1 unspecified atom stereocenters. The van der Waals surface area contributed by atoms with E-state index in [9.17, 15) is 9.90 Å². The van der Waals surface area contributed by atoms with Gasteiger partial charge in [-0.15, -0.1) is 0 Å². The van der Waals surface area contributed by atoms with Crippen molar-refractivity contribution in [3.8, 4) is 16.9 Å². The molecule has 2 aromatic carbocycles. The second-order valence-electron chi connectivity index (χ2n) is 5.17. The van der Waals surface area contributed by atoms with Crippen LogP contribution in [0.2, 0.25) is 0 Å². The van der Waals surface area contributed by atoms with Gasteiger partial charge in [0.2, 0.25) is 0 Å². The van der Waals surface area contributed by atoms with Crippen LogP contribution in [0.1, 0.15) is 10.4 Å². The fourth-order valence-electron chi connectivity index (χ4n) is 2.34. The zero-order chi connectivity index (χ0) is 17.5. The van der Waals surface area contributed by atoms with Crippen molar-refractivity contribution in [3.63, 3.8) is 0 Å². The summed E-state index contributed by atoms with van der Waals surface area (Å²) in [5.41, 5.74) is 2.54. The Balaban J connectivity index is 2.48. The van der Waals surface area contributed by atoms with Crippen LogP contribution in [0.15, 0.2) is 42.5 Å². The molecule has 0 spiro atoms. The molecule has 24 heavy (non-hydrogen) atoms. The molecule has 0 amide bonds. The summed E-state index contributed by atoms with van der Waals surface area (Å²) >= 11 is 0. The minimum absolute atomic E-state index is 0.157. The van der Waals surface area contributed by atoms with E-state index in [0.717, 1.165) is 5.56 Å². The Morgan fingerprint density at radius 3 is 2.46 bits per heavy atom. The minimum atomic E-state index is -0.893. The molecule has 0 aliphatic heterocycles. The van der Waals surface area contributed by atoms with Gasteiger partial charge in [0.1, 0.15) is 5.75 Å². The van der Waals surface area contributed by atoms with E-state index in [-0.39, 0.29) is 13.2 Å². The molecule has 3 N–H and O–H groups in total. The lowest BCUT2D eigenvalue weighted by Gasteiger charge is -2.17. The van der Waals surface area contributed by atoms with Gasteiger partial charge in [-0.2, -0.15) is 0 Å². The topological polar surface area (TPSA) is 88.0 Å². The maximum absolute atomic E-state index is 12.1. The molecule has 0 saturated carbocycles. The van der Waals surface area contributed by atoms with E-state index >= 15 is 0 Å². The average molecular weight is 331 g/mol. The zero-order valence-electron chi connectivity index (χ0n) is 13.7. The van der Waals surface area contributed by atoms with Gasteiger partial charge in [-0.3, -0.25) is 0 Å². The van der Waals surface area contributed by atoms with Crippen molar-refractivity contribution >= 4 is 11.7 Å². The van der Waals surface area contributed by atoms with Gasteiger partial charge in [-0.05, 0) is 29.8 Å². The molecule has 0 bridgehead atoms. The van der Waals surface area contributed by atoms with Crippen molar-refractivity contribution in [2.45, 2.75) is 6.10 Å². The van der Waals surface area contributed by atoms with Gasteiger partial charge in [0, 0.05) is 17.8 Å². The van der Waals surface area contributed by atoms with E-state index in [4.69, 9.17) is 14.6 Å². The first-order chi connectivity index (χ1) is 11.6. The Hall–Kier alpha value is -2.57. The van der Waals surface area contributed by atoms with Gasteiger partial charge >= 0.3 is 5.97 Å². The number of carbonyl (C=O) groups is 1. The number of hydrogen-bond acceptors (Lipinski definition) is 6. The maximum Gasteiger partial charge on any atom is 0.338 e. The molecule has 6 nitrogen and oxygen atoms in total. The van der Waals surface area contributed by atoms with Crippen LogP contribution < -0.4 is 10.1 Å². The Morgan fingerprint density at radius 1 is 1.17 bits per heavy atom. The third kappa shape index (κ3) is 4.04. The van der Waals surface area contributed by atoms with E-state index < -0.39 is 12.1 Å². The molecule has 0 fully saturated rings. The third-order valence-corrected chi connectivity index (χ3v) is 3.59. The number of hydrogen-bond donors (Lipinski definition) is 3. The highest BCUT2D eigenvalue weighted by Gasteiger charge is 2.17. The highest BCUT2D eigenvalue weighted by molar-refractivity contribution is 6.01. The summed E-state index contributed by atoms with van der Waals surface area (Å²) in [4.78, 5) is 12.1. The highest BCUT2D eigenvalue weighted by atomic mass is 16.5. The lowest BCUT2D eigenvalue weighted by atomic mass is 9.97. The SMILES string of the molecule is COC(=O)c1cccc(NCC(O)CO)c1-c1ccc(OC)cc1. The molecule has 0 heterocycles. The van der Waals surface area contributed by atoms with Gasteiger partial charge in [0.15, 0.2) is 0 Å². The largest absolute Gasteiger partial charge is 0.497 e. The summed E-state index contributed by atoms with van der Waals surface area (Å²) < 4.78 is 10.0. The molecule has 0 aliphatic carbocycles. The number of ether oxygens (including phenoxy) is 2. The number of esters is 1. The quantitative estimate of drug-likeness (QED) is 0.672. The van der Waals surface area contributed by atoms with E-state index in [1.54, 1.807) is 37.4 Å². The summed E-state index contributed by atoms with van der Waals surface area (Å²) in [6, 6.07) is 12.5. The van der Waals surface area contributed by atoms with Gasteiger partial charge in [0.25, 0.3) is 0 Å². The first-order valence-electron chi connectivity index (χ1n) is 7.49. The van der Waals surface area contributed by atoms with Crippen molar-refractivity contribution in [2.24, 2.45) is 0 Å². The Morgan fingerprint density at radius 2 is 1.88 bits per heavy atom. The van der Waals surface area contributed by atoms with Gasteiger partial charge in [-0.25, -0.2) is 4.79 Å². The van der Waals surface area contributed by atoms with Crippen LogP contribution >= 0.6 is 0 Å². The average Bonchev–Trinajstić information content (AvgIpc) is 2.65. The molecule has 1 atom stereocenters. The summed E-state index contributed by atoms with van der Waals surface area (Å²) in [6.45, 7) is -0.189. The fourth-order valence-corrected chi connectivity index (χ4v) is 2.34. The van der Waals surface area contributed by atoms with Crippen LogP contribution in [-0.2, 0) is 4.74 Å². The van der Waals surface area contributed by atoms with Crippen molar-refractivity contribution in [2.75, 3.05) is 32.7 Å². The lowest BCUT2D eigenvalue weighted by molar-refractivity contribution is 0.0601. The highest BCUT2D eigenvalue weighted by Crippen LogP contribution is 2.33.